The second kappa shape index (κ2) is 4.26. The van der Waals surface area contributed by atoms with Gasteiger partial charge in [-0.25, -0.2) is 0 Å². The maximum atomic E-state index is 11.3. The number of aliphatic hydroxyl groups excluding tert-OH is 1. The number of rotatable bonds is 3. The van der Waals surface area contributed by atoms with Crippen LogP contribution in [0.1, 0.15) is 27.7 Å². The molecule has 0 spiro atoms. The van der Waals surface area contributed by atoms with Crippen molar-refractivity contribution in [1.29, 1.82) is 0 Å². The van der Waals surface area contributed by atoms with Gasteiger partial charge in [0.2, 0.25) is 5.91 Å². The van der Waals surface area contributed by atoms with Gasteiger partial charge in [-0.1, -0.05) is 6.08 Å². The van der Waals surface area contributed by atoms with Gasteiger partial charge in [0, 0.05) is 5.57 Å². The Balaban J connectivity index is 4.19. The molecule has 0 fully saturated rings. The number of carbonyl (C=O) groups excluding carboxylic acids is 1. The third-order valence-corrected chi connectivity index (χ3v) is 1.64. The summed E-state index contributed by atoms with van der Waals surface area (Å²) in [5.41, 5.74) is 0.123. The molecule has 3 heteroatoms. The lowest BCUT2D eigenvalue weighted by Crippen LogP contribution is -2.46. The highest BCUT2D eigenvalue weighted by Gasteiger charge is 2.19. The Labute approximate surface area is 73.5 Å². The molecule has 0 aliphatic heterocycles. The molecule has 70 valence electrons. The largest absolute Gasteiger partial charge is 0.394 e. The lowest BCUT2D eigenvalue weighted by molar-refractivity contribution is -0.119. The van der Waals surface area contributed by atoms with Crippen LogP contribution in [0.15, 0.2) is 11.6 Å². The molecule has 0 unspecified atom stereocenters. The van der Waals surface area contributed by atoms with Gasteiger partial charge in [0.1, 0.15) is 0 Å². The van der Waals surface area contributed by atoms with Crippen molar-refractivity contribution in [3.8, 4) is 0 Å². The summed E-state index contributed by atoms with van der Waals surface area (Å²) in [5, 5.41) is 11.6. The molecule has 0 atom stereocenters. The SMILES string of the molecule is CC=C(C)C(=O)NC(C)(C)CO. The first kappa shape index (κ1) is 11.2. The average Bonchev–Trinajstić information content (AvgIpc) is 2.02. The Hall–Kier alpha value is -0.830. The fourth-order valence-electron chi connectivity index (χ4n) is 0.577. The monoisotopic (exact) mass is 171 g/mol. The Bertz CT molecular complexity index is 195. The number of carbonyl (C=O) groups is 1. The van der Waals surface area contributed by atoms with E-state index < -0.39 is 5.54 Å². The van der Waals surface area contributed by atoms with Gasteiger partial charge < -0.3 is 10.4 Å². The highest BCUT2D eigenvalue weighted by Crippen LogP contribution is 2.02. The van der Waals surface area contributed by atoms with Crippen LogP contribution in [0.2, 0.25) is 0 Å². The number of allylic oxidation sites excluding steroid dienone is 1. The normalized spacial score (nSPS) is 12.9. The summed E-state index contributed by atoms with van der Waals surface area (Å²) in [5.74, 6) is -0.128. The molecule has 0 aliphatic rings. The van der Waals surface area contributed by atoms with Gasteiger partial charge >= 0.3 is 0 Å². The fraction of sp³-hybridized carbons (Fsp3) is 0.667. The van der Waals surface area contributed by atoms with E-state index in [1.165, 1.54) is 0 Å². The lowest BCUT2D eigenvalue weighted by atomic mass is 10.1. The zero-order valence-electron chi connectivity index (χ0n) is 8.14. The molecule has 0 aliphatic carbocycles. The number of aliphatic hydroxyl groups is 1. The van der Waals surface area contributed by atoms with Crippen molar-refractivity contribution in [3.63, 3.8) is 0 Å². The summed E-state index contributed by atoms with van der Waals surface area (Å²) < 4.78 is 0. The summed E-state index contributed by atoms with van der Waals surface area (Å²) >= 11 is 0. The Morgan fingerprint density at radius 3 is 2.42 bits per heavy atom. The van der Waals surface area contributed by atoms with Crippen LogP contribution in [0.3, 0.4) is 0 Å². The predicted molar refractivity (Wildman–Crippen MR) is 48.7 cm³/mol. The standard InChI is InChI=1S/C9H17NO2/c1-5-7(2)8(12)10-9(3,4)6-11/h5,11H,6H2,1-4H3,(H,10,12). The average molecular weight is 171 g/mol. The first-order valence-electron chi connectivity index (χ1n) is 3.99. The van der Waals surface area contributed by atoms with E-state index in [4.69, 9.17) is 5.11 Å². The lowest BCUT2D eigenvalue weighted by Gasteiger charge is -2.23. The molecule has 0 aromatic heterocycles. The van der Waals surface area contributed by atoms with Gasteiger partial charge in [0.15, 0.2) is 0 Å². The molecule has 0 radical (unpaired) electrons. The maximum absolute atomic E-state index is 11.3. The van der Waals surface area contributed by atoms with Crippen molar-refractivity contribution in [1.82, 2.24) is 5.32 Å². The minimum Gasteiger partial charge on any atom is -0.394 e. The van der Waals surface area contributed by atoms with Crippen molar-refractivity contribution >= 4 is 5.91 Å². The first-order chi connectivity index (χ1) is 5.43. The molecule has 0 aromatic rings. The van der Waals surface area contributed by atoms with Gasteiger partial charge in [-0.3, -0.25) is 4.79 Å². The molecule has 0 aromatic carbocycles. The van der Waals surface area contributed by atoms with Crippen LogP contribution in [0.25, 0.3) is 0 Å². The fourth-order valence-corrected chi connectivity index (χ4v) is 0.577. The first-order valence-corrected chi connectivity index (χ1v) is 3.99. The van der Waals surface area contributed by atoms with E-state index >= 15 is 0 Å². The highest BCUT2D eigenvalue weighted by atomic mass is 16.3. The molecule has 0 heterocycles. The van der Waals surface area contributed by atoms with E-state index in [1.807, 2.05) is 0 Å². The van der Waals surface area contributed by atoms with Crippen LogP contribution in [-0.4, -0.2) is 23.2 Å². The number of hydrogen-bond acceptors (Lipinski definition) is 2. The molecule has 1 amide bonds. The molecule has 0 rings (SSSR count). The van der Waals surface area contributed by atoms with Crippen molar-refractivity contribution in [2.24, 2.45) is 0 Å². The molecule has 0 saturated heterocycles. The third kappa shape index (κ3) is 3.53. The second-order valence-electron chi connectivity index (χ2n) is 3.47. The summed E-state index contributed by atoms with van der Waals surface area (Å²) in [6, 6.07) is 0. The molecular formula is C9H17NO2. The summed E-state index contributed by atoms with van der Waals surface area (Å²) in [7, 11) is 0. The molecule has 3 nitrogen and oxygen atoms in total. The minimum absolute atomic E-state index is 0.0598. The zero-order chi connectivity index (χ0) is 9.78. The molecule has 0 bridgehead atoms. The topological polar surface area (TPSA) is 49.3 Å². The Morgan fingerprint density at radius 2 is 2.08 bits per heavy atom. The predicted octanol–water partition coefficient (Wildman–Crippen LogP) is 0.840. The molecule has 12 heavy (non-hydrogen) atoms. The van der Waals surface area contributed by atoms with E-state index in [1.54, 1.807) is 33.8 Å². The number of nitrogens with one attached hydrogen (secondary N) is 1. The molecular weight excluding hydrogens is 154 g/mol. The van der Waals surface area contributed by atoms with Crippen LogP contribution >= 0.6 is 0 Å². The number of hydrogen-bond donors (Lipinski definition) is 2. The second-order valence-corrected chi connectivity index (χ2v) is 3.47. The van der Waals surface area contributed by atoms with Gasteiger partial charge in [-0.15, -0.1) is 0 Å². The summed E-state index contributed by atoms with van der Waals surface area (Å²) in [6.07, 6.45) is 1.74. The van der Waals surface area contributed by atoms with Crippen LogP contribution in [0, 0.1) is 0 Å². The van der Waals surface area contributed by atoms with Crippen LogP contribution in [0.5, 0.6) is 0 Å². The van der Waals surface area contributed by atoms with E-state index in [9.17, 15) is 4.79 Å². The van der Waals surface area contributed by atoms with Gasteiger partial charge in [0.25, 0.3) is 0 Å². The van der Waals surface area contributed by atoms with Gasteiger partial charge in [-0.2, -0.15) is 0 Å². The quantitative estimate of drug-likeness (QED) is 0.618. The van der Waals surface area contributed by atoms with Crippen molar-refractivity contribution in [2.75, 3.05) is 6.61 Å². The summed E-state index contributed by atoms with van der Waals surface area (Å²) in [4.78, 5) is 11.3. The zero-order valence-corrected chi connectivity index (χ0v) is 8.14. The molecule has 0 saturated carbocycles. The van der Waals surface area contributed by atoms with Crippen LogP contribution < -0.4 is 5.32 Å². The van der Waals surface area contributed by atoms with Gasteiger partial charge in [-0.05, 0) is 27.7 Å². The third-order valence-electron chi connectivity index (χ3n) is 1.64. The highest BCUT2D eigenvalue weighted by molar-refractivity contribution is 5.93. The Morgan fingerprint density at radius 1 is 1.58 bits per heavy atom. The van der Waals surface area contributed by atoms with E-state index in [-0.39, 0.29) is 12.5 Å². The van der Waals surface area contributed by atoms with Crippen LogP contribution in [-0.2, 0) is 4.79 Å². The van der Waals surface area contributed by atoms with Crippen molar-refractivity contribution in [2.45, 2.75) is 33.2 Å². The van der Waals surface area contributed by atoms with E-state index in [2.05, 4.69) is 5.32 Å². The summed E-state index contributed by atoms with van der Waals surface area (Å²) in [6.45, 7) is 7.03. The smallest absolute Gasteiger partial charge is 0.247 e. The molecule has 2 N–H and O–H groups in total. The maximum Gasteiger partial charge on any atom is 0.247 e. The van der Waals surface area contributed by atoms with E-state index in [0.29, 0.717) is 5.57 Å². The van der Waals surface area contributed by atoms with Gasteiger partial charge in [0.05, 0.1) is 12.1 Å². The van der Waals surface area contributed by atoms with Crippen molar-refractivity contribution in [3.05, 3.63) is 11.6 Å². The van der Waals surface area contributed by atoms with Crippen LogP contribution in [0.4, 0.5) is 0 Å². The minimum atomic E-state index is -0.540. The number of amides is 1. The van der Waals surface area contributed by atoms with Crippen molar-refractivity contribution < 1.29 is 9.90 Å². The Kier molecular flexibility index (Phi) is 3.96. The van der Waals surface area contributed by atoms with E-state index in [0.717, 1.165) is 0 Å².